The summed E-state index contributed by atoms with van der Waals surface area (Å²) in [4.78, 5) is 45.3. The smallest absolute Gasteiger partial charge is 0.350 e. The maximum Gasteiger partial charge on any atom is 0.350 e. The predicted octanol–water partition coefficient (Wildman–Crippen LogP) is 0.281. The van der Waals surface area contributed by atoms with Crippen molar-refractivity contribution in [2.45, 2.75) is 39.8 Å². The van der Waals surface area contributed by atoms with Crippen LogP contribution in [0, 0.1) is 10.1 Å². The first-order valence-electron chi connectivity index (χ1n) is 6.56. The Kier molecular flexibility index (Phi) is 5.82. The molecular formula is C12H17N3O6. The van der Waals surface area contributed by atoms with E-state index in [4.69, 9.17) is 4.74 Å². The molecule has 1 aromatic heterocycles. The Bertz CT molecular complexity index is 645. The van der Waals surface area contributed by atoms with Crippen LogP contribution in [0.5, 0.6) is 0 Å². The SMILES string of the molecule is CCCCOC(=O)Cn1c(=O)c([N+](=O)[O-])cn(CC)c1=O. The molecule has 0 spiro atoms. The lowest BCUT2D eigenvalue weighted by Crippen LogP contribution is -2.42. The normalized spacial score (nSPS) is 10.4. The fraction of sp³-hybridized carbons (Fsp3) is 0.583. The summed E-state index contributed by atoms with van der Waals surface area (Å²) < 4.78 is 6.38. The highest BCUT2D eigenvalue weighted by Crippen LogP contribution is 2.00. The number of hydrogen-bond donors (Lipinski definition) is 0. The average molecular weight is 299 g/mol. The molecule has 0 fully saturated rings. The van der Waals surface area contributed by atoms with E-state index in [9.17, 15) is 24.5 Å². The second-order valence-electron chi connectivity index (χ2n) is 4.31. The number of carbonyl (C=O) groups excluding carboxylic acids is 1. The van der Waals surface area contributed by atoms with Crippen molar-refractivity contribution in [1.82, 2.24) is 9.13 Å². The number of ether oxygens (including phenoxy) is 1. The van der Waals surface area contributed by atoms with Crippen LogP contribution in [-0.4, -0.2) is 26.6 Å². The topological polar surface area (TPSA) is 113 Å². The van der Waals surface area contributed by atoms with Crippen LogP contribution < -0.4 is 11.2 Å². The molecule has 0 aliphatic carbocycles. The highest BCUT2D eigenvalue weighted by atomic mass is 16.6. The molecule has 0 saturated heterocycles. The monoisotopic (exact) mass is 299 g/mol. The van der Waals surface area contributed by atoms with Crippen molar-refractivity contribution in [2.75, 3.05) is 6.61 Å². The number of unbranched alkanes of at least 4 members (excludes halogenated alkanes) is 1. The van der Waals surface area contributed by atoms with E-state index < -0.39 is 34.4 Å². The molecule has 0 aromatic carbocycles. The Morgan fingerprint density at radius 3 is 2.57 bits per heavy atom. The van der Waals surface area contributed by atoms with E-state index in [0.29, 0.717) is 11.0 Å². The lowest BCUT2D eigenvalue weighted by Gasteiger charge is -2.08. The summed E-state index contributed by atoms with van der Waals surface area (Å²) in [6.45, 7) is 3.20. The quantitative estimate of drug-likeness (QED) is 0.309. The standard InChI is InChI=1S/C12H17N3O6/c1-3-5-6-21-10(16)8-14-11(17)9(15(19)20)7-13(4-2)12(14)18/h7H,3-6,8H2,1-2H3. The highest BCUT2D eigenvalue weighted by Gasteiger charge is 2.21. The van der Waals surface area contributed by atoms with Crippen LogP contribution in [0.2, 0.25) is 0 Å². The number of aromatic nitrogens is 2. The van der Waals surface area contributed by atoms with Crippen LogP contribution in [0.15, 0.2) is 15.8 Å². The van der Waals surface area contributed by atoms with Gasteiger partial charge in [-0.15, -0.1) is 0 Å². The summed E-state index contributed by atoms with van der Waals surface area (Å²) in [5.74, 6) is -0.772. The average Bonchev–Trinajstić information content (AvgIpc) is 2.43. The van der Waals surface area contributed by atoms with E-state index in [1.54, 1.807) is 6.92 Å². The number of nitro groups is 1. The van der Waals surface area contributed by atoms with Crippen molar-refractivity contribution in [2.24, 2.45) is 0 Å². The molecular weight excluding hydrogens is 282 g/mol. The summed E-state index contributed by atoms with van der Waals surface area (Å²) >= 11 is 0. The summed E-state index contributed by atoms with van der Waals surface area (Å²) in [5, 5.41) is 10.8. The number of rotatable bonds is 7. The Balaban J connectivity index is 3.14. The van der Waals surface area contributed by atoms with E-state index >= 15 is 0 Å². The van der Waals surface area contributed by atoms with Crippen molar-refractivity contribution in [3.05, 3.63) is 37.1 Å². The molecule has 0 radical (unpaired) electrons. The zero-order valence-electron chi connectivity index (χ0n) is 11.9. The van der Waals surface area contributed by atoms with Crippen LogP contribution in [0.3, 0.4) is 0 Å². The fourth-order valence-corrected chi connectivity index (χ4v) is 1.63. The molecule has 0 aliphatic heterocycles. The Morgan fingerprint density at radius 2 is 2.05 bits per heavy atom. The zero-order valence-corrected chi connectivity index (χ0v) is 11.9. The number of aryl methyl sites for hydroxylation is 1. The van der Waals surface area contributed by atoms with E-state index in [1.807, 2.05) is 6.92 Å². The van der Waals surface area contributed by atoms with Gasteiger partial charge in [0.25, 0.3) is 0 Å². The Morgan fingerprint density at radius 1 is 1.38 bits per heavy atom. The van der Waals surface area contributed by atoms with Gasteiger partial charge < -0.3 is 4.74 Å². The maximum absolute atomic E-state index is 12.0. The molecule has 0 unspecified atom stereocenters. The van der Waals surface area contributed by atoms with Crippen molar-refractivity contribution >= 4 is 11.7 Å². The zero-order chi connectivity index (χ0) is 16.0. The largest absolute Gasteiger partial charge is 0.464 e. The van der Waals surface area contributed by atoms with Gasteiger partial charge in [0.1, 0.15) is 6.54 Å². The summed E-state index contributed by atoms with van der Waals surface area (Å²) in [5.41, 5.74) is -2.64. The third kappa shape index (κ3) is 4.01. The lowest BCUT2D eigenvalue weighted by atomic mass is 10.4. The second-order valence-corrected chi connectivity index (χ2v) is 4.31. The molecule has 21 heavy (non-hydrogen) atoms. The van der Waals surface area contributed by atoms with Crippen molar-refractivity contribution in [3.63, 3.8) is 0 Å². The van der Waals surface area contributed by atoms with Crippen LogP contribution in [0.25, 0.3) is 0 Å². The molecule has 0 amide bonds. The number of nitrogens with zero attached hydrogens (tertiary/aromatic N) is 3. The van der Waals surface area contributed by atoms with Crippen molar-refractivity contribution < 1.29 is 14.5 Å². The molecule has 0 aliphatic rings. The third-order valence-electron chi connectivity index (χ3n) is 2.80. The van der Waals surface area contributed by atoms with E-state index in [2.05, 4.69) is 0 Å². The second kappa shape index (κ2) is 7.36. The van der Waals surface area contributed by atoms with Gasteiger partial charge in [-0.1, -0.05) is 13.3 Å². The van der Waals surface area contributed by atoms with Crippen LogP contribution >= 0.6 is 0 Å². The lowest BCUT2D eigenvalue weighted by molar-refractivity contribution is -0.387. The number of esters is 1. The molecule has 1 heterocycles. The van der Waals surface area contributed by atoms with Gasteiger partial charge in [0.15, 0.2) is 0 Å². The first kappa shape index (κ1) is 16.6. The minimum absolute atomic E-state index is 0.144. The Hall–Kier alpha value is -2.45. The summed E-state index contributed by atoms with van der Waals surface area (Å²) in [6, 6.07) is 0. The minimum atomic E-state index is -1.11. The van der Waals surface area contributed by atoms with Crippen LogP contribution in [-0.2, 0) is 22.6 Å². The molecule has 9 heteroatoms. The molecule has 0 atom stereocenters. The van der Waals surface area contributed by atoms with E-state index in [1.165, 1.54) is 0 Å². The minimum Gasteiger partial charge on any atom is -0.464 e. The van der Waals surface area contributed by atoms with Crippen molar-refractivity contribution in [1.29, 1.82) is 0 Å². The molecule has 0 bridgehead atoms. The number of carbonyl (C=O) groups is 1. The van der Waals surface area contributed by atoms with Gasteiger partial charge in [0.05, 0.1) is 17.7 Å². The fourth-order valence-electron chi connectivity index (χ4n) is 1.63. The summed E-state index contributed by atoms with van der Waals surface area (Å²) in [6.07, 6.45) is 2.37. The Labute approximate surface area is 119 Å². The van der Waals surface area contributed by atoms with Crippen LogP contribution in [0.4, 0.5) is 5.69 Å². The third-order valence-corrected chi connectivity index (χ3v) is 2.80. The maximum atomic E-state index is 12.0. The first-order valence-corrected chi connectivity index (χ1v) is 6.56. The van der Waals surface area contributed by atoms with Gasteiger partial charge in [-0.25, -0.2) is 9.36 Å². The van der Waals surface area contributed by atoms with Gasteiger partial charge in [-0.05, 0) is 13.3 Å². The molecule has 0 saturated carbocycles. The molecule has 9 nitrogen and oxygen atoms in total. The van der Waals surface area contributed by atoms with Gasteiger partial charge in [-0.3, -0.25) is 24.3 Å². The van der Waals surface area contributed by atoms with Crippen molar-refractivity contribution in [3.8, 4) is 0 Å². The van der Waals surface area contributed by atoms with Crippen LogP contribution in [0.1, 0.15) is 26.7 Å². The van der Waals surface area contributed by atoms with Gasteiger partial charge >= 0.3 is 22.9 Å². The molecule has 1 rings (SSSR count). The first-order chi connectivity index (χ1) is 9.92. The van der Waals surface area contributed by atoms with Gasteiger partial charge in [0, 0.05) is 6.54 Å². The van der Waals surface area contributed by atoms with Gasteiger partial charge in [-0.2, -0.15) is 0 Å². The summed E-state index contributed by atoms with van der Waals surface area (Å²) in [7, 11) is 0. The molecule has 1 aromatic rings. The molecule has 0 N–H and O–H groups in total. The molecule has 116 valence electrons. The van der Waals surface area contributed by atoms with E-state index in [0.717, 1.165) is 17.2 Å². The predicted molar refractivity (Wildman–Crippen MR) is 73.2 cm³/mol. The van der Waals surface area contributed by atoms with Gasteiger partial charge in [0.2, 0.25) is 0 Å². The highest BCUT2D eigenvalue weighted by molar-refractivity contribution is 5.69. The number of hydrogen-bond acceptors (Lipinski definition) is 6. The van der Waals surface area contributed by atoms with E-state index in [-0.39, 0.29) is 13.2 Å².